The van der Waals surface area contributed by atoms with Gasteiger partial charge in [-0.25, -0.2) is 0 Å². The van der Waals surface area contributed by atoms with Crippen LogP contribution in [0.5, 0.6) is 5.75 Å². The first-order valence-electron chi connectivity index (χ1n) is 6.71. The largest absolute Gasteiger partial charge is 0.507 e. The molecule has 21 heavy (non-hydrogen) atoms. The van der Waals surface area contributed by atoms with E-state index in [1.807, 2.05) is 31.2 Å². The van der Waals surface area contributed by atoms with Crippen LogP contribution in [-0.2, 0) is 11.3 Å². The summed E-state index contributed by atoms with van der Waals surface area (Å²) in [5, 5.41) is 12.9. The second-order valence-electron chi connectivity index (χ2n) is 4.99. The van der Waals surface area contributed by atoms with Crippen molar-refractivity contribution in [3.63, 3.8) is 0 Å². The molecule has 0 fully saturated rings. The van der Waals surface area contributed by atoms with Gasteiger partial charge in [-0.1, -0.05) is 18.2 Å². The Bertz CT molecular complexity index is 665. The van der Waals surface area contributed by atoms with Gasteiger partial charge in [0, 0.05) is 12.8 Å². The maximum absolute atomic E-state index is 12.3. The molecule has 0 aliphatic carbocycles. The summed E-state index contributed by atoms with van der Waals surface area (Å²) in [7, 11) is 1.62. The monoisotopic (exact) mass is 285 g/mol. The average Bonchev–Trinajstić information content (AvgIpc) is 2.45. The first-order chi connectivity index (χ1) is 10.0. The van der Waals surface area contributed by atoms with Crippen molar-refractivity contribution in [1.29, 1.82) is 0 Å². The van der Waals surface area contributed by atoms with Crippen molar-refractivity contribution >= 4 is 11.6 Å². The van der Waals surface area contributed by atoms with E-state index >= 15 is 0 Å². The van der Waals surface area contributed by atoms with Gasteiger partial charge in [0.15, 0.2) is 0 Å². The van der Waals surface area contributed by atoms with Crippen molar-refractivity contribution in [2.45, 2.75) is 20.5 Å². The van der Waals surface area contributed by atoms with Crippen LogP contribution in [0.3, 0.4) is 0 Å². The maximum atomic E-state index is 12.3. The Hall–Kier alpha value is -2.33. The van der Waals surface area contributed by atoms with Crippen LogP contribution in [0.2, 0.25) is 0 Å². The van der Waals surface area contributed by atoms with E-state index in [4.69, 9.17) is 4.74 Å². The molecule has 0 radical (unpaired) electrons. The summed E-state index contributed by atoms with van der Waals surface area (Å²) in [5.74, 6) is -0.300. The van der Waals surface area contributed by atoms with Crippen molar-refractivity contribution < 1.29 is 14.6 Å². The summed E-state index contributed by atoms with van der Waals surface area (Å²) in [6.45, 7) is 4.17. The molecule has 2 aromatic carbocycles. The SMILES string of the molecule is COCc1cccc(NC(=O)c2ccc(C)c(C)c2O)c1. The van der Waals surface area contributed by atoms with E-state index in [1.54, 1.807) is 26.2 Å². The first kappa shape index (κ1) is 15.1. The van der Waals surface area contributed by atoms with Crippen molar-refractivity contribution in [3.8, 4) is 5.75 Å². The van der Waals surface area contributed by atoms with Crippen LogP contribution < -0.4 is 5.32 Å². The van der Waals surface area contributed by atoms with Crippen molar-refractivity contribution in [3.05, 3.63) is 58.7 Å². The molecule has 4 nitrogen and oxygen atoms in total. The van der Waals surface area contributed by atoms with Gasteiger partial charge in [0.1, 0.15) is 5.75 Å². The molecule has 0 spiro atoms. The van der Waals surface area contributed by atoms with E-state index in [-0.39, 0.29) is 17.2 Å². The molecule has 2 rings (SSSR count). The summed E-state index contributed by atoms with van der Waals surface area (Å²) in [5.41, 5.74) is 3.59. The Morgan fingerprint density at radius 1 is 1.24 bits per heavy atom. The van der Waals surface area contributed by atoms with Crippen LogP contribution in [0.4, 0.5) is 5.69 Å². The number of aromatic hydroxyl groups is 1. The van der Waals surface area contributed by atoms with E-state index in [0.29, 0.717) is 12.3 Å². The van der Waals surface area contributed by atoms with E-state index in [9.17, 15) is 9.90 Å². The zero-order valence-electron chi connectivity index (χ0n) is 12.4. The molecule has 2 aromatic rings. The van der Waals surface area contributed by atoms with Crippen LogP contribution in [0.1, 0.15) is 27.0 Å². The zero-order chi connectivity index (χ0) is 15.4. The van der Waals surface area contributed by atoms with Gasteiger partial charge in [-0.15, -0.1) is 0 Å². The third-order valence-electron chi connectivity index (χ3n) is 3.44. The Morgan fingerprint density at radius 2 is 2.00 bits per heavy atom. The average molecular weight is 285 g/mol. The highest BCUT2D eigenvalue weighted by Gasteiger charge is 2.14. The number of phenols is 1. The van der Waals surface area contributed by atoms with Gasteiger partial charge in [-0.3, -0.25) is 4.79 Å². The fourth-order valence-corrected chi connectivity index (χ4v) is 2.09. The normalized spacial score (nSPS) is 10.4. The molecule has 0 unspecified atom stereocenters. The molecule has 0 saturated heterocycles. The number of amides is 1. The summed E-state index contributed by atoms with van der Waals surface area (Å²) in [4.78, 5) is 12.3. The summed E-state index contributed by atoms with van der Waals surface area (Å²) in [6, 6.07) is 10.9. The number of rotatable bonds is 4. The lowest BCUT2D eigenvalue weighted by Gasteiger charge is -2.11. The van der Waals surface area contributed by atoms with Gasteiger partial charge >= 0.3 is 0 Å². The third kappa shape index (κ3) is 3.41. The number of nitrogens with one attached hydrogen (secondary N) is 1. The van der Waals surface area contributed by atoms with Gasteiger partial charge < -0.3 is 15.2 Å². The summed E-state index contributed by atoms with van der Waals surface area (Å²) >= 11 is 0. The quantitative estimate of drug-likeness (QED) is 0.905. The summed E-state index contributed by atoms with van der Waals surface area (Å²) < 4.78 is 5.07. The molecule has 0 atom stereocenters. The van der Waals surface area contributed by atoms with Gasteiger partial charge in [0.25, 0.3) is 5.91 Å². The Morgan fingerprint density at radius 3 is 2.71 bits per heavy atom. The van der Waals surface area contributed by atoms with Crippen molar-refractivity contribution in [2.24, 2.45) is 0 Å². The minimum atomic E-state index is -0.329. The maximum Gasteiger partial charge on any atom is 0.259 e. The van der Waals surface area contributed by atoms with Crippen LogP contribution in [0.25, 0.3) is 0 Å². The van der Waals surface area contributed by atoms with Crippen molar-refractivity contribution in [1.82, 2.24) is 0 Å². The number of benzene rings is 2. The number of phenolic OH excluding ortho intramolecular Hbond substituents is 1. The molecule has 0 aliphatic rings. The zero-order valence-corrected chi connectivity index (χ0v) is 12.4. The van der Waals surface area contributed by atoms with Gasteiger partial charge in [-0.2, -0.15) is 0 Å². The smallest absolute Gasteiger partial charge is 0.259 e. The van der Waals surface area contributed by atoms with Crippen LogP contribution in [0.15, 0.2) is 36.4 Å². The number of ether oxygens (including phenoxy) is 1. The second-order valence-corrected chi connectivity index (χ2v) is 4.99. The predicted molar refractivity (Wildman–Crippen MR) is 82.7 cm³/mol. The van der Waals surface area contributed by atoms with Gasteiger partial charge in [-0.05, 0) is 48.7 Å². The number of carbonyl (C=O) groups excluding carboxylic acids is 1. The second kappa shape index (κ2) is 6.41. The van der Waals surface area contributed by atoms with Crippen LogP contribution in [-0.4, -0.2) is 18.1 Å². The molecule has 2 N–H and O–H groups in total. The third-order valence-corrected chi connectivity index (χ3v) is 3.44. The van der Waals surface area contributed by atoms with E-state index < -0.39 is 0 Å². The number of hydrogen-bond acceptors (Lipinski definition) is 3. The van der Waals surface area contributed by atoms with Crippen LogP contribution >= 0.6 is 0 Å². The van der Waals surface area contributed by atoms with Crippen molar-refractivity contribution in [2.75, 3.05) is 12.4 Å². The lowest BCUT2D eigenvalue weighted by molar-refractivity contribution is 0.102. The molecule has 0 saturated carbocycles. The molecular weight excluding hydrogens is 266 g/mol. The minimum absolute atomic E-state index is 0.0283. The lowest BCUT2D eigenvalue weighted by Crippen LogP contribution is -2.13. The molecule has 1 amide bonds. The lowest BCUT2D eigenvalue weighted by atomic mass is 10.0. The number of methoxy groups -OCH3 is 1. The molecular formula is C17H19NO3. The minimum Gasteiger partial charge on any atom is -0.507 e. The molecule has 0 aromatic heterocycles. The first-order valence-corrected chi connectivity index (χ1v) is 6.71. The number of carbonyl (C=O) groups is 1. The predicted octanol–water partition coefficient (Wildman–Crippen LogP) is 3.41. The molecule has 110 valence electrons. The number of hydrogen-bond donors (Lipinski definition) is 2. The molecule has 4 heteroatoms. The Kier molecular flexibility index (Phi) is 4.60. The van der Waals surface area contributed by atoms with E-state index in [0.717, 1.165) is 16.7 Å². The fraction of sp³-hybridized carbons (Fsp3) is 0.235. The highest BCUT2D eigenvalue weighted by Crippen LogP contribution is 2.25. The highest BCUT2D eigenvalue weighted by atomic mass is 16.5. The topological polar surface area (TPSA) is 58.6 Å². The Labute approximate surface area is 124 Å². The Balaban J connectivity index is 2.22. The van der Waals surface area contributed by atoms with Gasteiger partial charge in [0.05, 0.1) is 12.2 Å². The number of aryl methyl sites for hydroxylation is 1. The highest BCUT2D eigenvalue weighted by molar-refractivity contribution is 6.06. The molecule has 0 aliphatic heterocycles. The van der Waals surface area contributed by atoms with Crippen LogP contribution in [0, 0.1) is 13.8 Å². The standard InChI is InChI=1S/C17H19NO3/c1-11-7-8-15(16(19)12(11)2)17(20)18-14-6-4-5-13(9-14)10-21-3/h4-9,19H,10H2,1-3H3,(H,18,20). The molecule has 0 heterocycles. The summed E-state index contributed by atoms with van der Waals surface area (Å²) in [6.07, 6.45) is 0. The fourth-order valence-electron chi connectivity index (χ4n) is 2.09. The number of anilines is 1. The molecule has 0 bridgehead atoms. The van der Waals surface area contributed by atoms with Gasteiger partial charge in [0.2, 0.25) is 0 Å². The van der Waals surface area contributed by atoms with E-state index in [2.05, 4.69) is 5.32 Å². The van der Waals surface area contributed by atoms with E-state index in [1.165, 1.54) is 0 Å².